The fourth-order valence-electron chi connectivity index (χ4n) is 1.46. The van der Waals surface area contributed by atoms with E-state index in [0.717, 1.165) is 17.9 Å². The van der Waals surface area contributed by atoms with Gasteiger partial charge in [-0.25, -0.2) is 16.7 Å². The first-order valence-corrected chi connectivity index (χ1v) is 5.69. The molecule has 0 aliphatic rings. The molecule has 0 heterocycles. The summed E-state index contributed by atoms with van der Waals surface area (Å²) in [6.07, 6.45) is 0. The number of ether oxygens (including phenoxy) is 3. The van der Waals surface area contributed by atoms with Gasteiger partial charge in [-0.3, -0.25) is 0 Å². The predicted molar refractivity (Wildman–Crippen MR) is 74.0 cm³/mol. The van der Waals surface area contributed by atoms with Gasteiger partial charge in [-0.15, -0.1) is 0 Å². The van der Waals surface area contributed by atoms with Crippen molar-refractivity contribution in [3.8, 4) is 5.75 Å². The maximum Gasteiger partial charge on any atom is 1.00 e. The van der Waals surface area contributed by atoms with Gasteiger partial charge in [0.15, 0.2) is 0 Å². The van der Waals surface area contributed by atoms with Gasteiger partial charge in [0, 0.05) is 0 Å². The molecule has 0 fully saturated rings. The Balaban J connectivity index is 0.000000922. The van der Waals surface area contributed by atoms with Crippen molar-refractivity contribution in [2.24, 2.45) is 0 Å². The van der Waals surface area contributed by atoms with E-state index in [9.17, 15) is 9.59 Å². The Morgan fingerprint density at radius 3 is 2.10 bits per heavy atom. The molecule has 0 amide bonds. The summed E-state index contributed by atoms with van der Waals surface area (Å²) in [6, 6.07) is 12.8. The molecule has 6 heteroatoms. The Morgan fingerprint density at radius 1 is 0.952 bits per heavy atom. The smallest absolute Gasteiger partial charge is 0.557 e. The van der Waals surface area contributed by atoms with Gasteiger partial charge in [0.2, 0.25) is 0 Å². The molecular formula is C15H15NaO5. The SMILES string of the molecule is COC(=O)C(=O)Oc1ccc2ccccc2c1.[CH2-]OC.[Na+]. The monoisotopic (exact) mass is 298 g/mol. The Kier molecular flexibility index (Phi) is 9.65. The van der Waals surface area contributed by atoms with Crippen molar-refractivity contribution in [2.75, 3.05) is 14.2 Å². The maximum atomic E-state index is 11.2. The largest absolute Gasteiger partial charge is 1.00 e. The molecule has 5 nitrogen and oxygen atoms in total. The molecule has 0 atom stereocenters. The van der Waals surface area contributed by atoms with Gasteiger partial charge in [-0.2, -0.15) is 0 Å². The zero-order chi connectivity index (χ0) is 15.0. The van der Waals surface area contributed by atoms with Gasteiger partial charge in [0.05, 0.1) is 7.11 Å². The number of fused-ring (bicyclic) bond motifs is 1. The third-order valence-corrected chi connectivity index (χ3v) is 2.28. The Bertz CT molecular complexity index is 597. The van der Waals surface area contributed by atoms with Gasteiger partial charge in [-0.05, 0) is 30.0 Å². The Hall–Kier alpha value is -1.40. The van der Waals surface area contributed by atoms with Crippen LogP contribution in [-0.2, 0) is 19.1 Å². The van der Waals surface area contributed by atoms with Crippen molar-refractivity contribution >= 4 is 22.7 Å². The first-order valence-electron chi connectivity index (χ1n) is 5.69. The van der Waals surface area contributed by atoms with E-state index in [1.165, 1.54) is 7.11 Å². The molecule has 0 N–H and O–H groups in total. The van der Waals surface area contributed by atoms with Crippen molar-refractivity contribution in [1.82, 2.24) is 0 Å². The summed E-state index contributed by atoms with van der Waals surface area (Å²) in [5, 5.41) is 1.97. The van der Waals surface area contributed by atoms with Crippen LogP contribution in [0.5, 0.6) is 5.75 Å². The summed E-state index contributed by atoms with van der Waals surface area (Å²) >= 11 is 0. The molecule has 0 saturated carbocycles. The molecule has 0 unspecified atom stereocenters. The van der Waals surface area contributed by atoms with E-state index >= 15 is 0 Å². The molecule has 0 bridgehead atoms. The molecule has 2 rings (SSSR count). The summed E-state index contributed by atoms with van der Waals surface area (Å²) in [4.78, 5) is 22.1. The standard InChI is InChI=1S/C13H10O4.C2H5O.Na/c1-16-12(14)13(15)17-11-7-6-9-4-2-3-5-10(9)8-11;1-3-2;/h2-8H,1H3;1H2,2H3;/q;-1;+1. The second kappa shape index (κ2) is 10.3. The molecule has 2 aromatic rings. The average molecular weight is 298 g/mol. The quantitative estimate of drug-likeness (QED) is 0.230. The Labute approximate surface area is 145 Å². The number of hydrogen-bond acceptors (Lipinski definition) is 5. The number of carbonyl (C=O) groups is 2. The van der Waals surface area contributed by atoms with Crippen LogP contribution < -0.4 is 34.3 Å². The van der Waals surface area contributed by atoms with Crippen LogP contribution in [0.4, 0.5) is 0 Å². The van der Waals surface area contributed by atoms with Gasteiger partial charge < -0.3 is 14.2 Å². The molecule has 21 heavy (non-hydrogen) atoms. The van der Waals surface area contributed by atoms with Gasteiger partial charge in [-0.1, -0.05) is 30.3 Å². The topological polar surface area (TPSA) is 61.8 Å². The molecule has 0 spiro atoms. The van der Waals surface area contributed by atoms with Gasteiger partial charge in [0.25, 0.3) is 0 Å². The number of methoxy groups -OCH3 is 2. The van der Waals surface area contributed by atoms with Crippen LogP contribution in [0.2, 0.25) is 0 Å². The fraction of sp³-hybridized carbons (Fsp3) is 0.133. The number of benzene rings is 2. The number of hydrogen-bond donors (Lipinski definition) is 0. The number of esters is 2. The van der Waals surface area contributed by atoms with E-state index in [-0.39, 0.29) is 29.6 Å². The van der Waals surface area contributed by atoms with Crippen LogP contribution in [0.25, 0.3) is 10.8 Å². The van der Waals surface area contributed by atoms with E-state index in [4.69, 9.17) is 4.74 Å². The van der Waals surface area contributed by atoms with Crippen molar-refractivity contribution in [1.29, 1.82) is 0 Å². The number of carbonyl (C=O) groups excluding carboxylic acids is 2. The zero-order valence-electron chi connectivity index (χ0n) is 12.3. The van der Waals surface area contributed by atoms with E-state index in [1.807, 2.05) is 30.3 Å². The summed E-state index contributed by atoms with van der Waals surface area (Å²) in [6.45, 7) is 0. The van der Waals surface area contributed by atoms with E-state index in [1.54, 1.807) is 12.1 Å². The number of rotatable bonds is 1. The van der Waals surface area contributed by atoms with Crippen LogP contribution in [0, 0.1) is 7.11 Å². The van der Waals surface area contributed by atoms with Crippen LogP contribution in [0.15, 0.2) is 42.5 Å². The molecule has 2 aromatic carbocycles. The Morgan fingerprint density at radius 2 is 1.52 bits per heavy atom. The van der Waals surface area contributed by atoms with Gasteiger partial charge >= 0.3 is 41.5 Å². The third-order valence-electron chi connectivity index (χ3n) is 2.28. The normalized spacial score (nSPS) is 8.90. The minimum atomic E-state index is -1.03. The van der Waals surface area contributed by atoms with Crippen molar-refractivity contribution in [3.63, 3.8) is 0 Å². The summed E-state index contributed by atoms with van der Waals surface area (Å²) in [5.74, 6) is -1.72. The minimum Gasteiger partial charge on any atom is -0.557 e. The second-order valence-corrected chi connectivity index (χ2v) is 3.68. The van der Waals surface area contributed by atoms with Gasteiger partial charge in [0.1, 0.15) is 5.75 Å². The van der Waals surface area contributed by atoms with Crippen LogP contribution in [0.3, 0.4) is 0 Å². The maximum absolute atomic E-state index is 11.2. The molecule has 0 aromatic heterocycles. The van der Waals surface area contributed by atoms with E-state index < -0.39 is 11.9 Å². The fourth-order valence-corrected chi connectivity index (χ4v) is 1.46. The summed E-state index contributed by atoms with van der Waals surface area (Å²) in [5.41, 5.74) is 0. The minimum absolute atomic E-state index is 0. The van der Waals surface area contributed by atoms with E-state index in [2.05, 4.69) is 16.6 Å². The molecule has 106 valence electrons. The first-order chi connectivity index (χ1) is 9.62. The molecular weight excluding hydrogens is 283 g/mol. The third kappa shape index (κ3) is 6.27. The average Bonchev–Trinajstić information content (AvgIpc) is 2.47. The van der Waals surface area contributed by atoms with Crippen molar-refractivity contribution < 1.29 is 53.4 Å². The van der Waals surface area contributed by atoms with Crippen molar-refractivity contribution in [3.05, 3.63) is 49.6 Å². The van der Waals surface area contributed by atoms with Crippen LogP contribution in [-0.4, -0.2) is 26.2 Å². The summed E-state index contributed by atoms with van der Waals surface area (Å²) in [7, 11) is 5.63. The van der Waals surface area contributed by atoms with Crippen LogP contribution in [0.1, 0.15) is 0 Å². The molecule has 0 radical (unpaired) electrons. The predicted octanol–water partition coefficient (Wildman–Crippen LogP) is -0.653. The second-order valence-electron chi connectivity index (χ2n) is 3.68. The van der Waals surface area contributed by atoms with E-state index in [0.29, 0.717) is 5.75 Å². The molecule has 0 aliphatic heterocycles. The van der Waals surface area contributed by atoms with Crippen LogP contribution >= 0.6 is 0 Å². The molecule has 0 aliphatic carbocycles. The molecule has 0 saturated heterocycles. The van der Waals surface area contributed by atoms with Crippen molar-refractivity contribution in [2.45, 2.75) is 0 Å². The first kappa shape index (κ1) is 19.6. The zero-order valence-corrected chi connectivity index (χ0v) is 14.3. The summed E-state index contributed by atoms with van der Waals surface area (Å²) < 4.78 is 13.1.